The lowest BCUT2D eigenvalue weighted by Gasteiger charge is -2.07. The van der Waals surface area contributed by atoms with Gasteiger partial charge in [-0.25, -0.2) is 4.39 Å². The van der Waals surface area contributed by atoms with Crippen LogP contribution in [0.15, 0.2) is 34.8 Å². The maximum absolute atomic E-state index is 14.3. The van der Waals surface area contributed by atoms with Gasteiger partial charge >= 0.3 is 12.6 Å². The summed E-state index contributed by atoms with van der Waals surface area (Å²) >= 11 is 3.20. The summed E-state index contributed by atoms with van der Waals surface area (Å²) in [4.78, 5) is 41.6. The molecule has 2 N–H and O–H groups in total. The molecular weight excluding hydrogens is 355 g/mol. The molecule has 0 heterocycles. The van der Waals surface area contributed by atoms with Crippen LogP contribution in [0.1, 0.15) is 37.4 Å². The summed E-state index contributed by atoms with van der Waals surface area (Å²) in [5.41, 5.74) is -0.453. The van der Waals surface area contributed by atoms with E-state index in [2.05, 4.69) is 15.9 Å². The number of halogens is 2. The molecule has 0 aromatic heterocycles. The molecule has 0 saturated carbocycles. The highest BCUT2D eigenvalue weighted by atomic mass is 79.9. The first-order chi connectivity index (χ1) is 10.5. The summed E-state index contributed by atoms with van der Waals surface area (Å²) in [5.74, 6) is -1.71. The number of benzene rings is 2. The average molecular weight is 365 g/mol. The number of hydrogen-bond acceptors (Lipinski definition) is 2. The van der Waals surface area contributed by atoms with Gasteiger partial charge in [0.15, 0.2) is 12.1 Å². The summed E-state index contributed by atoms with van der Waals surface area (Å²) in [6.07, 6.45) is 1.56. The third-order valence-corrected chi connectivity index (χ3v) is 3.61. The van der Waals surface area contributed by atoms with E-state index in [1.165, 1.54) is 24.3 Å². The Morgan fingerprint density at radius 2 is 1.68 bits per heavy atom. The molecule has 0 aliphatic rings. The van der Waals surface area contributed by atoms with E-state index in [9.17, 15) is 18.8 Å². The van der Waals surface area contributed by atoms with E-state index in [4.69, 9.17) is 4.79 Å². The number of aldehydes is 3. The van der Waals surface area contributed by atoms with Crippen LogP contribution in [0.25, 0.3) is 0 Å². The standard InChI is InChI=1S/C16H8BrFO4/c17-11-3-1-9(6-19)13(5-11)16(22)12-4-2-10(7-20)14(8-21)15(12)18/h1-8H/p+2. The smallest absolute Gasteiger partial charge is 0.298 e. The van der Waals surface area contributed by atoms with Gasteiger partial charge < -0.3 is 0 Å². The minimum atomic E-state index is -1.02. The summed E-state index contributed by atoms with van der Waals surface area (Å²) in [7, 11) is 0. The molecule has 2 rings (SSSR count). The highest BCUT2D eigenvalue weighted by Crippen LogP contribution is 2.22. The minimum absolute atomic E-state index is 0.0211. The number of hydrogen-bond donors (Lipinski definition) is 0. The van der Waals surface area contributed by atoms with Crippen molar-refractivity contribution < 1.29 is 23.6 Å². The van der Waals surface area contributed by atoms with Gasteiger partial charge in [-0.15, -0.1) is 0 Å². The van der Waals surface area contributed by atoms with Crippen LogP contribution < -0.4 is 0 Å². The molecule has 0 unspecified atom stereocenters. The molecule has 0 amide bonds. The Hall–Kier alpha value is -2.47. The third-order valence-electron chi connectivity index (χ3n) is 3.11. The molecule has 0 atom stereocenters. The van der Waals surface area contributed by atoms with Gasteiger partial charge in [0.25, 0.3) is 0 Å². The summed E-state index contributed by atoms with van der Waals surface area (Å²) in [6.45, 7) is 0. The number of rotatable bonds is 5. The van der Waals surface area contributed by atoms with Gasteiger partial charge in [-0.2, -0.15) is 0 Å². The molecule has 22 heavy (non-hydrogen) atoms. The van der Waals surface area contributed by atoms with E-state index < -0.39 is 17.2 Å². The predicted octanol–water partition coefficient (Wildman–Crippen LogP) is 2.68. The zero-order valence-corrected chi connectivity index (χ0v) is 12.7. The van der Waals surface area contributed by atoms with Crippen molar-refractivity contribution in [2.24, 2.45) is 0 Å². The Labute approximate surface area is 133 Å². The maximum atomic E-state index is 14.3. The van der Waals surface area contributed by atoms with Gasteiger partial charge in [0.1, 0.15) is 5.82 Å². The lowest BCUT2D eigenvalue weighted by atomic mass is 9.95. The lowest BCUT2D eigenvalue weighted by Crippen LogP contribution is -2.11. The second-order valence-corrected chi connectivity index (χ2v) is 5.28. The first-order valence-corrected chi connectivity index (χ1v) is 6.89. The van der Waals surface area contributed by atoms with Gasteiger partial charge in [0.05, 0.1) is 22.3 Å². The quantitative estimate of drug-likeness (QED) is 0.464. The summed E-state index contributed by atoms with van der Waals surface area (Å²) in [6, 6.07) is 6.99. The molecule has 6 heteroatoms. The topological polar surface area (TPSA) is 76.9 Å². The molecule has 0 aliphatic heterocycles. The molecule has 0 spiro atoms. The Balaban J connectivity index is 2.65. The molecule has 0 fully saturated rings. The van der Waals surface area contributed by atoms with Crippen LogP contribution in [-0.4, -0.2) is 34.2 Å². The predicted molar refractivity (Wildman–Crippen MR) is 83.6 cm³/mol. The highest BCUT2D eigenvalue weighted by Gasteiger charge is 2.22. The van der Waals surface area contributed by atoms with Crippen LogP contribution in [0.3, 0.4) is 0 Å². The Morgan fingerprint density at radius 1 is 1.05 bits per heavy atom. The van der Waals surface area contributed by atoms with Crippen LogP contribution in [-0.2, 0) is 0 Å². The molecule has 0 bridgehead atoms. The van der Waals surface area contributed by atoms with Crippen molar-refractivity contribution in [2.45, 2.75) is 0 Å². The van der Waals surface area contributed by atoms with Gasteiger partial charge in [0, 0.05) is 10.0 Å². The number of carbonyl (C=O) groups is 2. The second kappa shape index (κ2) is 6.53. The van der Waals surface area contributed by atoms with Crippen molar-refractivity contribution in [3.63, 3.8) is 0 Å². The molecule has 0 saturated heterocycles. The largest absolute Gasteiger partial charge is 0.313 e. The SMILES string of the molecule is O=Cc1c(C=[OH+])ccc(C(=O)c2cc(Br)ccc2C=[OH+])c1F. The van der Waals surface area contributed by atoms with Gasteiger partial charge in [-0.1, -0.05) is 15.9 Å². The Bertz CT molecular complexity index is 799. The van der Waals surface area contributed by atoms with Crippen LogP contribution in [0.2, 0.25) is 0 Å². The van der Waals surface area contributed by atoms with E-state index >= 15 is 0 Å². The summed E-state index contributed by atoms with van der Waals surface area (Å²) < 4.78 is 14.9. The summed E-state index contributed by atoms with van der Waals surface area (Å²) in [5, 5.41) is 0. The first kappa shape index (κ1) is 15.9. The Morgan fingerprint density at radius 3 is 2.27 bits per heavy atom. The fourth-order valence-electron chi connectivity index (χ4n) is 2.00. The van der Waals surface area contributed by atoms with E-state index in [1.807, 2.05) is 0 Å². The zero-order chi connectivity index (χ0) is 16.3. The normalized spacial score (nSPS) is 10.1. The first-order valence-electron chi connectivity index (χ1n) is 6.10. The van der Waals surface area contributed by atoms with Gasteiger partial charge in [0.2, 0.25) is 0 Å². The molecular formula is C16H10BrFO4+2. The van der Waals surface area contributed by atoms with Gasteiger partial charge in [-0.3, -0.25) is 19.2 Å². The molecule has 4 nitrogen and oxygen atoms in total. The lowest BCUT2D eigenvalue weighted by molar-refractivity contribution is 0.103. The molecule has 110 valence electrons. The third kappa shape index (κ3) is 2.78. The molecule has 2 aromatic rings. The van der Waals surface area contributed by atoms with E-state index in [0.29, 0.717) is 10.8 Å². The van der Waals surface area contributed by atoms with Crippen molar-refractivity contribution in [2.75, 3.05) is 0 Å². The van der Waals surface area contributed by atoms with E-state index in [1.54, 1.807) is 6.07 Å². The van der Waals surface area contributed by atoms with Crippen molar-refractivity contribution in [1.82, 2.24) is 0 Å². The van der Waals surface area contributed by atoms with E-state index in [-0.39, 0.29) is 28.5 Å². The number of ketones is 1. The van der Waals surface area contributed by atoms with Crippen LogP contribution in [0, 0.1) is 5.82 Å². The average Bonchev–Trinajstić information content (AvgIpc) is 2.53. The Kier molecular flexibility index (Phi) is 4.72. The zero-order valence-electron chi connectivity index (χ0n) is 11.1. The van der Waals surface area contributed by atoms with Gasteiger partial charge in [-0.05, 0) is 30.3 Å². The highest BCUT2D eigenvalue weighted by molar-refractivity contribution is 9.10. The van der Waals surface area contributed by atoms with Crippen molar-refractivity contribution in [1.29, 1.82) is 0 Å². The maximum Gasteiger partial charge on any atom is 0.313 e. The van der Waals surface area contributed by atoms with Crippen LogP contribution in [0.4, 0.5) is 4.39 Å². The molecule has 0 aliphatic carbocycles. The van der Waals surface area contributed by atoms with Crippen molar-refractivity contribution in [3.8, 4) is 0 Å². The molecule has 2 aromatic carbocycles. The van der Waals surface area contributed by atoms with Crippen molar-refractivity contribution in [3.05, 3.63) is 68.4 Å². The molecule has 0 radical (unpaired) electrons. The van der Waals surface area contributed by atoms with Crippen LogP contribution in [0.5, 0.6) is 0 Å². The van der Waals surface area contributed by atoms with Crippen LogP contribution >= 0.6 is 15.9 Å². The minimum Gasteiger partial charge on any atom is -0.298 e. The monoisotopic (exact) mass is 364 g/mol. The fourth-order valence-corrected chi connectivity index (χ4v) is 2.36. The van der Waals surface area contributed by atoms with E-state index in [0.717, 1.165) is 6.29 Å². The second-order valence-electron chi connectivity index (χ2n) is 4.37. The fraction of sp³-hybridized carbons (Fsp3) is 0. The van der Waals surface area contributed by atoms with Crippen molar-refractivity contribution >= 4 is 40.6 Å². The number of carbonyl (C=O) groups excluding carboxylic acids is 4.